The zero-order valence-electron chi connectivity index (χ0n) is 41.6. The first kappa shape index (κ1) is 61.0. The van der Waals surface area contributed by atoms with E-state index in [1.165, 1.54) is 148 Å². The second kappa shape index (κ2) is 45.1. The standard InChI is InChI=1S/C53H98NO8P/c1-6-8-10-12-14-16-18-20-22-24-26-27-28-30-31-33-35-37-39-41-43-45-52(55)59-49-51(50-61-63(57,58)60-48-47-54(3,4)5)62-53(56)46-44-42-40-38-36-34-32-29-25-23-21-19-17-15-13-11-9-7-2/h22,24,27-28,31,33,37,39,51H,6-21,23,25-26,29-30,32,34-36,38,40-50H2,1-5H3/p+1/b24-22+,28-27+,33-31+,39-37+/t51-/m1/s1. The molecule has 10 heteroatoms. The van der Waals surface area contributed by atoms with Crippen LogP contribution >= 0.6 is 7.82 Å². The molecule has 9 nitrogen and oxygen atoms in total. The van der Waals surface area contributed by atoms with Crippen LogP contribution in [0.4, 0.5) is 0 Å². The summed E-state index contributed by atoms with van der Waals surface area (Å²) in [6.07, 6.45) is 54.6. The largest absolute Gasteiger partial charge is 0.472 e. The maximum Gasteiger partial charge on any atom is 0.472 e. The van der Waals surface area contributed by atoms with Crippen molar-refractivity contribution in [3.63, 3.8) is 0 Å². The summed E-state index contributed by atoms with van der Waals surface area (Å²) in [5.41, 5.74) is 0. The lowest BCUT2D eigenvalue weighted by molar-refractivity contribution is -0.870. The average Bonchev–Trinajstić information content (AvgIpc) is 3.24. The number of nitrogens with zero attached hydrogens (tertiary/aromatic N) is 1. The van der Waals surface area contributed by atoms with E-state index < -0.39 is 32.5 Å². The Kier molecular flexibility index (Phi) is 43.7. The Morgan fingerprint density at radius 1 is 0.492 bits per heavy atom. The third kappa shape index (κ3) is 49.2. The number of carbonyl (C=O) groups is 2. The Morgan fingerprint density at radius 2 is 0.873 bits per heavy atom. The van der Waals surface area contributed by atoms with Crippen molar-refractivity contribution in [3.05, 3.63) is 48.6 Å². The molecule has 0 heterocycles. The minimum absolute atomic E-state index is 0.0235. The number of phosphoric acid groups is 1. The zero-order valence-corrected chi connectivity index (χ0v) is 42.5. The molecule has 0 saturated heterocycles. The van der Waals surface area contributed by atoms with E-state index in [-0.39, 0.29) is 26.1 Å². The van der Waals surface area contributed by atoms with Gasteiger partial charge in [-0.1, -0.05) is 210 Å². The number of phosphoric ester groups is 1. The van der Waals surface area contributed by atoms with E-state index >= 15 is 0 Å². The van der Waals surface area contributed by atoms with Gasteiger partial charge in [0.25, 0.3) is 0 Å². The van der Waals surface area contributed by atoms with Gasteiger partial charge in [-0.3, -0.25) is 18.6 Å². The minimum atomic E-state index is -4.39. The number of esters is 2. The predicted octanol–water partition coefficient (Wildman–Crippen LogP) is 15.4. The molecule has 0 spiro atoms. The smallest absolute Gasteiger partial charge is 0.462 e. The molecule has 0 fully saturated rings. The van der Waals surface area contributed by atoms with Gasteiger partial charge in [0.15, 0.2) is 6.10 Å². The number of quaternary nitrogens is 1. The first-order valence-corrected chi connectivity index (χ1v) is 27.4. The maximum absolute atomic E-state index is 12.7. The molecule has 0 amide bonds. The monoisotopic (exact) mass is 909 g/mol. The Labute approximate surface area is 388 Å². The summed E-state index contributed by atoms with van der Waals surface area (Å²) in [6, 6.07) is 0. The van der Waals surface area contributed by atoms with Crippen molar-refractivity contribution in [2.24, 2.45) is 0 Å². The molecule has 0 aliphatic rings. The van der Waals surface area contributed by atoms with E-state index in [9.17, 15) is 19.0 Å². The Hall–Kier alpha value is -2.03. The Balaban J connectivity index is 4.34. The van der Waals surface area contributed by atoms with Gasteiger partial charge in [-0.25, -0.2) is 4.57 Å². The van der Waals surface area contributed by atoms with Gasteiger partial charge in [0.05, 0.1) is 27.7 Å². The van der Waals surface area contributed by atoms with Crippen molar-refractivity contribution in [3.8, 4) is 0 Å². The second-order valence-corrected chi connectivity index (χ2v) is 20.0. The highest BCUT2D eigenvalue weighted by Crippen LogP contribution is 2.43. The van der Waals surface area contributed by atoms with E-state index in [1.807, 2.05) is 21.1 Å². The van der Waals surface area contributed by atoms with Crippen LogP contribution in [0.3, 0.4) is 0 Å². The van der Waals surface area contributed by atoms with Crippen molar-refractivity contribution in [1.82, 2.24) is 0 Å². The molecule has 2 atom stereocenters. The molecule has 1 unspecified atom stereocenters. The Morgan fingerprint density at radius 3 is 1.32 bits per heavy atom. The number of hydrogen-bond acceptors (Lipinski definition) is 7. The number of hydrogen-bond donors (Lipinski definition) is 1. The van der Waals surface area contributed by atoms with Crippen LogP contribution < -0.4 is 0 Å². The number of unbranched alkanes of at least 4 members (excludes halogenated alkanes) is 25. The summed E-state index contributed by atoms with van der Waals surface area (Å²) in [6.45, 7) is 4.39. The second-order valence-electron chi connectivity index (χ2n) is 18.6. The van der Waals surface area contributed by atoms with Crippen LogP contribution in [0.2, 0.25) is 0 Å². The highest BCUT2D eigenvalue weighted by Gasteiger charge is 2.27. The third-order valence-corrected chi connectivity index (χ3v) is 12.1. The van der Waals surface area contributed by atoms with Crippen LogP contribution in [0.15, 0.2) is 48.6 Å². The lowest BCUT2D eigenvalue weighted by Gasteiger charge is -2.24. The van der Waals surface area contributed by atoms with E-state index in [4.69, 9.17) is 18.5 Å². The van der Waals surface area contributed by atoms with Crippen LogP contribution in [0.5, 0.6) is 0 Å². The van der Waals surface area contributed by atoms with Crippen LogP contribution in [0.1, 0.15) is 226 Å². The molecule has 0 saturated carbocycles. The SMILES string of the molecule is CCCCCCCCC/C=C/C/C=C/C/C=C/C/C=C/CCCC(=O)OC[C@H](COP(=O)(O)OCC[N+](C)(C)C)OC(=O)CCCCCCCCCCCCCCCCCCCC. The van der Waals surface area contributed by atoms with Gasteiger partial charge in [0.2, 0.25) is 0 Å². The third-order valence-electron chi connectivity index (χ3n) is 11.1. The van der Waals surface area contributed by atoms with Gasteiger partial charge in [-0.05, 0) is 51.4 Å². The van der Waals surface area contributed by atoms with Gasteiger partial charge < -0.3 is 18.9 Å². The molecule has 0 aromatic rings. The van der Waals surface area contributed by atoms with Crippen LogP contribution in [0.25, 0.3) is 0 Å². The van der Waals surface area contributed by atoms with Crippen molar-refractivity contribution in [2.45, 2.75) is 232 Å². The highest BCUT2D eigenvalue weighted by atomic mass is 31.2. The summed E-state index contributed by atoms with van der Waals surface area (Å²) in [5.74, 6) is -0.856. The normalized spacial score (nSPS) is 13.8. The fourth-order valence-corrected chi connectivity index (χ4v) is 7.81. The molecule has 63 heavy (non-hydrogen) atoms. The lowest BCUT2D eigenvalue weighted by Crippen LogP contribution is -2.37. The summed E-state index contributed by atoms with van der Waals surface area (Å²) >= 11 is 0. The van der Waals surface area contributed by atoms with Crippen molar-refractivity contribution in [2.75, 3.05) is 47.5 Å². The van der Waals surface area contributed by atoms with Crippen LogP contribution in [-0.2, 0) is 32.7 Å². The summed E-state index contributed by atoms with van der Waals surface area (Å²) in [4.78, 5) is 35.5. The molecule has 1 N–H and O–H groups in total. The molecular formula is C53H99NO8P+. The minimum Gasteiger partial charge on any atom is -0.462 e. The number of likely N-dealkylation sites (N-methyl/N-ethyl adjacent to an activating group) is 1. The quantitative estimate of drug-likeness (QED) is 0.0211. The summed E-state index contributed by atoms with van der Waals surface area (Å²) in [5, 5.41) is 0. The van der Waals surface area contributed by atoms with Crippen LogP contribution in [0, 0.1) is 0 Å². The lowest BCUT2D eigenvalue weighted by atomic mass is 10.0. The predicted molar refractivity (Wildman–Crippen MR) is 266 cm³/mol. The number of rotatable bonds is 47. The molecule has 0 aromatic heterocycles. The molecule has 368 valence electrons. The fraction of sp³-hybridized carbons (Fsp3) is 0.811. The zero-order chi connectivity index (χ0) is 46.4. The van der Waals surface area contributed by atoms with Crippen molar-refractivity contribution in [1.29, 1.82) is 0 Å². The van der Waals surface area contributed by atoms with Gasteiger partial charge in [0.1, 0.15) is 19.8 Å². The molecule has 0 radical (unpaired) electrons. The first-order valence-electron chi connectivity index (χ1n) is 25.9. The van der Waals surface area contributed by atoms with E-state index in [1.54, 1.807) is 0 Å². The molecule has 0 aliphatic heterocycles. The summed E-state index contributed by atoms with van der Waals surface area (Å²) < 4.78 is 34.4. The number of allylic oxidation sites excluding steroid dienone is 8. The number of carbonyl (C=O) groups excluding carboxylic acids is 2. The molecular weight excluding hydrogens is 810 g/mol. The molecule has 0 aliphatic carbocycles. The molecule has 0 bridgehead atoms. The molecule has 0 rings (SSSR count). The average molecular weight is 909 g/mol. The summed E-state index contributed by atoms with van der Waals surface area (Å²) in [7, 11) is 1.45. The van der Waals surface area contributed by atoms with Gasteiger partial charge in [0, 0.05) is 12.8 Å². The Bertz CT molecular complexity index is 1210. The van der Waals surface area contributed by atoms with Gasteiger partial charge in [-0.15, -0.1) is 0 Å². The van der Waals surface area contributed by atoms with E-state index in [0.717, 1.165) is 38.5 Å². The van der Waals surface area contributed by atoms with E-state index in [0.29, 0.717) is 23.9 Å². The fourth-order valence-electron chi connectivity index (χ4n) is 7.07. The van der Waals surface area contributed by atoms with Gasteiger partial charge in [-0.2, -0.15) is 0 Å². The highest BCUT2D eigenvalue weighted by molar-refractivity contribution is 7.47. The van der Waals surface area contributed by atoms with Gasteiger partial charge >= 0.3 is 19.8 Å². The molecule has 0 aromatic carbocycles. The van der Waals surface area contributed by atoms with Crippen LogP contribution in [-0.4, -0.2) is 74.9 Å². The number of ether oxygens (including phenoxy) is 2. The van der Waals surface area contributed by atoms with Crippen molar-refractivity contribution < 1.29 is 42.1 Å². The van der Waals surface area contributed by atoms with E-state index in [2.05, 4.69) is 62.5 Å². The van der Waals surface area contributed by atoms with Crippen molar-refractivity contribution >= 4 is 19.8 Å². The maximum atomic E-state index is 12.7. The first-order chi connectivity index (χ1) is 30.5. The topological polar surface area (TPSA) is 108 Å².